The molecule has 26 heavy (non-hydrogen) atoms. The molecule has 2 heterocycles. The summed E-state index contributed by atoms with van der Waals surface area (Å²) in [4.78, 5) is 12.6. The van der Waals surface area contributed by atoms with Crippen molar-refractivity contribution in [3.8, 4) is 22.8 Å². The van der Waals surface area contributed by atoms with Gasteiger partial charge in [-0.2, -0.15) is 0 Å². The molecule has 0 aliphatic carbocycles. The number of amides is 1. The summed E-state index contributed by atoms with van der Waals surface area (Å²) in [5.74, 6) is 0.642. The molecule has 3 aromatic rings. The van der Waals surface area contributed by atoms with Crippen LogP contribution in [0.1, 0.15) is 37.0 Å². The zero-order chi connectivity index (χ0) is 18.7. The van der Waals surface area contributed by atoms with Gasteiger partial charge in [0, 0.05) is 16.6 Å². The number of carbonyl (C=O) groups is 1. The average molecular weight is 374 g/mol. The Balaban J connectivity index is 1.93. The van der Waals surface area contributed by atoms with Crippen molar-refractivity contribution in [2.45, 2.75) is 32.7 Å². The second-order valence-electron chi connectivity index (χ2n) is 5.93. The van der Waals surface area contributed by atoms with E-state index in [1.807, 2.05) is 26.0 Å². The Hall–Kier alpha value is -2.73. The van der Waals surface area contributed by atoms with Crippen molar-refractivity contribution in [2.24, 2.45) is 0 Å². The number of nitrogen functional groups attached to an aromatic ring is 1. The summed E-state index contributed by atoms with van der Waals surface area (Å²) in [6, 6.07) is 10.9. The van der Waals surface area contributed by atoms with Crippen LogP contribution in [0.3, 0.4) is 0 Å². The summed E-state index contributed by atoms with van der Waals surface area (Å²) < 4.78 is 10.9. The number of benzene rings is 1. The first-order valence-electron chi connectivity index (χ1n) is 8.45. The molecule has 0 unspecified atom stereocenters. The van der Waals surface area contributed by atoms with E-state index in [4.69, 9.17) is 26.3 Å². The monoisotopic (exact) mass is 373 g/mol. The SMILES string of the molecule is CCC(CC)NC(=O)c1c(-c2ccc(-c3cccc(Cl)c3)o2)noc1N. The van der Waals surface area contributed by atoms with Crippen LogP contribution in [0.25, 0.3) is 22.8 Å². The normalized spacial score (nSPS) is 11.1. The van der Waals surface area contributed by atoms with Gasteiger partial charge >= 0.3 is 0 Å². The first kappa shape index (κ1) is 18.1. The second kappa shape index (κ2) is 7.66. The number of hydrogen-bond acceptors (Lipinski definition) is 5. The van der Waals surface area contributed by atoms with E-state index in [0.29, 0.717) is 16.5 Å². The standard InChI is InChI=1S/C19H20ClN3O3/c1-3-13(4-2)22-19(24)16-17(23-26-18(16)21)15-9-8-14(25-15)11-6-5-7-12(20)10-11/h5-10,13H,3-4,21H2,1-2H3,(H,22,24). The first-order chi connectivity index (χ1) is 12.5. The predicted molar refractivity (Wildman–Crippen MR) is 101 cm³/mol. The fraction of sp³-hybridized carbons (Fsp3) is 0.263. The Bertz CT molecular complexity index is 912. The lowest BCUT2D eigenvalue weighted by Crippen LogP contribution is -2.34. The summed E-state index contributed by atoms with van der Waals surface area (Å²) >= 11 is 6.03. The van der Waals surface area contributed by atoms with Gasteiger partial charge in [0.2, 0.25) is 5.88 Å². The van der Waals surface area contributed by atoms with Crippen molar-refractivity contribution in [3.63, 3.8) is 0 Å². The van der Waals surface area contributed by atoms with E-state index in [0.717, 1.165) is 18.4 Å². The molecule has 6 nitrogen and oxygen atoms in total. The average Bonchev–Trinajstić information content (AvgIpc) is 3.26. The van der Waals surface area contributed by atoms with Gasteiger partial charge in [0.05, 0.1) is 0 Å². The highest BCUT2D eigenvalue weighted by Gasteiger charge is 2.26. The van der Waals surface area contributed by atoms with Gasteiger partial charge in [-0.25, -0.2) is 0 Å². The number of hydrogen-bond donors (Lipinski definition) is 2. The zero-order valence-electron chi connectivity index (χ0n) is 14.6. The number of nitrogens with zero attached hydrogens (tertiary/aromatic N) is 1. The van der Waals surface area contributed by atoms with Crippen LogP contribution in [-0.4, -0.2) is 17.1 Å². The van der Waals surface area contributed by atoms with Crippen LogP contribution < -0.4 is 11.1 Å². The van der Waals surface area contributed by atoms with Crippen molar-refractivity contribution in [3.05, 3.63) is 47.0 Å². The lowest BCUT2D eigenvalue weighted by atomic mass is 10.1. The molecule has 3 N–H and O–H groups in total. The van der Waals surface area contributed by atoms with E-state index in [-0.39, 0.29) is 29.1 Å². The van der Waals surface area contributed by atoms with Crippen LogP contribution in [0.15, 0.2) is 45.3 Å². The summed E-state index contributed by atoms with van der Waals surface area (Å²) in [7, 11) is 0. The Morgan fingerprint density at radius 2 is 1.96 bits per heavy atom. The molecule has 2 aromatic heterocycles. The molecule has 1 aromatic carbocycles. The van der Waals surface area contributed by atoms with Crippen molar-refractivity contribution in [1.29, 1.82) is 0 Å². The van der Waals surface area contributed by atoms with Gasteiger partial charge in [-0.1, -0.05) is 42.7 Å². The molecule has 0 bridgehead atoms. The fourth-order valence-electron chi connectivity index (χ4n) is 2.70. The maximum atomic E-state index is 12.6. The molecule has 0 fully saturated rings. The van der Waals surface area contributed by atoms with Gasteiger partial charge in [0.25, 0.3) is 5.91 Å². The molecular formula is C19H20ClN3O3. The van der Waals surface area contributed by atoms with Crippen molar-refractivity contribution >= 4 is 23.4 Å². The number of furan rings is 1. The van der Waals surface area contributed by atoms with Crippen LogP contribution in [-0.2, 0) is 0 Å². The van der Waals surface area contributed by atoms with Crippen LogP contribution in [0, 0.1) is 0 Å². The number of carbonyl (C=O) groups excluding carboxylic acids is 1. The van der Waals surface area contributed by atoms with E-state index in [2.05, 4.69) is 10.5 Å². The molecule has 0 radical (unpaired) electrons. The third-order valence-corrected chi connectivity index (χ3v) is 4.45. The first-order valence-corrected chi connectivity index (χ1v) is 8.83. The quantitative estimate of drug-likeness (QED) is 0.649. The third-order valence-electron chi connectivity index (χ3n) is 4.21. The molecule has 0 aliphatic heterocycles. The van der Waals surface area contributed by atoms with E-state index in [9.17, 15) is 4.79 Å². The maximum absolute atomic E-state index is 12.6. The van der Waals surface area contributed by atoms with Crippen molar-refractivity contribution < 1.29 is 13.7 Å². The minimum absolute atomic E-state index is 0.0378. The molecule has 1 amide bonds. The van der Waals surface area contributed by atoms with E-state index < -0.39 is 0 Å². The van der Waals surface area contributed by atoms with Gasteiger partial charge < -0.3 is 20.0 Å². The molecule has 3 rings (SSSR count). The van der Waals surface area contributed by atoms with Crippen LogP contribution in [0.2, 0.25) is 5.02 Å². The Labute approximate surface area is 156 Å². The minimum Gasteiger partial charge on any atom is -0.454 e. The number of halogens is 1. The van der Waals surface area contributed by atoms with E-state index in [1.165, 1.54) is 0 Å². The summed E-state index contributed by atoms with van der Waals surface area (Å²) in [5, 5.41) is 7.46. The number of rotatable bonds is 6. The van der Waals surface area contributed by atoms with Crippen molar-refractivity contribution in [1.82, 2.24) is 10.5 Å². The lowest BCUT2D eigenvalue weighted by molar-refractivity contribution is 0.0936. The molecule has 136 valence electrons. The Morgan fingerprint density at radius 3 is 2.65 bits per heavy atom. The van der Waals surface area contributed by atoms with Gasteiger partial charge in [0.15, 0.2) is 11.5 Å². The Morgan fingerprint density at radius 1 is 1.23 bits per heavy atom. The molecule has 0 aliphatic rings. The molecule has 0 atom stereocenters. The maximum Gasteiger partial charge on any atom is 0.259 e. The molecule has 0 saturated heterocycles. The Kier molecular flexibility index (Phi) is 5.32. The topological polar surface area (TPSA) is 94.3 Å². The van der Waals surface area contributed by atoms with Gasteiger partial charge in [-0.3, -0.25) is 4.79 Å². The number of aromatic nitrogens is 1. The zero-order valence-corrected chi connectivity index (χ0v) is 15.3. The number of anilines is 1. The fourth-order valence-corrected chi connectivity index (χ4v) is 2.89. The van der Waals surface area contributed by atoms with Gasteiger partial charge in [-0.15, -0.1) is 0 Å². The van der Waals surface area contributed by atoms with Crippen molar-refractivity contribution in [2.75, 3.05) is 5.73 Å². The molecule has 0 spiro atoms. The predicted octanol–water partition coefficient (Wildman–Crippen LogP) is 4.76. The van der Waals surface area contributed by atoms with E-state index in [1.54, 1.807) is 24.3 Å². The lowest BCUT2D eigenvalue weighted by Gasteiger charge is -2.14. The highest BCUT2D eigenvalue weighted by Crippen LogP contribution is 2.32. The highest BCUT2D eigenvalue weighted by atomic mass is 35.5. The van der Waals surface area contributed by atoms with Crippen LogP contribution in [0.5, 0.6) is 0 Å². The van der Waals surface area contributed by atoms with Crippen LogP contribution >= 0.6 is 11.6 Å². The second-order valence-corrected chi connectivity index (χ2v) is 6.37. The van der Waals surface area contributed by atoms with E-state index >= 15 is 0 Å². The highest BCUT2D eigenvalue weighted by molar-refractivity contribution is 6.30. The largest absolute Gasteiger partial charge is 0.454 e. The van der Waals surface area contributed by atoms with Gasteiger partial charge in [0.1, 0.15) is 11.3 Å². The third kappa shape index (κ3) is 3.60. The molecule has 7 heteroatoms. The molecular weight excluding hydrogens is 354 g/mol. The molecule has 0 saturated carbocycles. The summed E-state index contributed by atoms with van der Waals surface area (Å²) in [6.07, 6.45) is 1.64. The summed E-state index contributed by atoms with van der Waals surface area (Å²) in [5.41, 5.74) is 7.11. The number of nitrogens with two attached hydrogens (primary N) is 1. The van der Waals surface area contributed by atoms with Crippen LogP contribution in [0.4, 0.5) is 5.88 Å². The summed E-state index contributed by atoms with van der Waals surface area (Å²) in [6.45, 7) is 4.02. The smallest absolute Gasteiger partial charge is 0.259 e. The van der Waals surface area contributed by atoms with Gasteiger partial charge in [-0.05, 0) is 37.1 Å². The minimum atomic E-state index is -0.326. The number of nitrogens with one attached hydrogen (secondary N) is 1.